The van der Waals surface area contributed by atoms with Crippen LogP contribution in [0.4, 0.5) is 0 Å². The lowest BCUT2D eigenvalue weighted by Gasteiger charge is -2.09. The van der Waals surface area contributed by atoms with E-state index in [1.54, 1.807) is 18.2 Å². The van der Waals surface area contributed by atoms with E-state index in [1.165, 1.54) is 0 Å². The maximum atomic E-state index is 13.0. The molecule has 0 saturated carbocycles. The van der Waals surface area contributed by atoms with E-state index in [0.717, 1.165) is 39.0 Å². The second kappa shape index (κ2) is 10.1. The highest BCUT2D eigenvalue weighted by molar-refractivity contribution is 7.92. The van der Waals surface area contributed by atoms with Crippen molar-refractivity contribution in [3.63, 3.8) is 0 Å². The van der Waals surface area contributed by atoms with Gasteiger partial charge in [-0.15, -0.1) is 0 Å². The fraction of sp³-hybridized carbons (Fsp3) is 0.455. The molecule has 0 saturated heterocycles. The average Bonchev–Trinajstić information content (AvgIpc) is 2.94. The third-order valence-corrected chi connectivity index (χ3v) is 6.66. The summed E-state index contributed by atoms with van der Waals surface area (Å²) < 4.78 is 37.5. The Kier molecular flexibility index (Phi) is 7.52. The van der Waals surface area contributed by atoms with E-state index in [4.69, 9.17) is 9.47 Å². The van der Waals surface area contributed by atoms with Crippen molar-refractivity contribution in [1.82, 2.24) is 10.6 Å². The number of nitrogens with one attached hydrogen (secondary N) is 2. The molecule has 2 aromatic carbocycles. The minimum absolute atomic E-state index is 0.306. The lowest BCUT2D eigenvalue weighted by molar-refractivity contribution is 0.308. The van der Waals surface area contributed by atoms with Crippen molar-refractivity contribution < 1.29 is 17.9 Å². The summed E-state index contributed by atoms with van der Waals surface area (Å²) in [5, 5.41) is 6.49. The van der Waals surface area contributed by atoms with E-state index in [2.05, 4.69) is 24.5 Å². The van der Waals surface area contributed by atoms with Crippen LogP contribution in [0.15, 0.2) is 46.2 Å². The zero-order valence-electron chi connectivity index (χ0n) is 17.2. The predicted octanol–water partition coefficient (Wildman–Crippen LogP) is 3.26. The van der Waals surface area contributed by atoms with Crippen LogP contribution in [-0.4, -0.2) is 47.8 Å². The summed E-state index contributed by atoms with van der Waals surface area (Å²) in [6.45, 7) is 8.90. The number of benzene rings is 2. The molecule has 1 aliphatic heterocycles. The summed E-state index contributed by atoms with van der Waals surface area (Å²) >= 11 is 0. The van der Waals surface area contributed by atoms with Gasteiger partial charge in [0.1, 0.15) is 11.5 Å². The van der Waals surface area contributed by atoms with E-state index in [9.17, 15) is 8.42 Å². The Hall–Kier alpha value is -2.09. The van der Waals surface area contributed by atoms with Crippen LogP contribution in [0, 0.1) is 0 Å². The Bertz CT molecular complexity index is 928. The molecule has 3 rings (SSSR count). The van der Waals surface area contributed by atoms with Crippen molar-refractivity contribution in [1.29, 1.82) is 0 Å². The van der Waals surface area contributed by atoms with Crippen LogP contribution in [0.1, 0.15) is 26.7 Å². The van der Waals surface area contributed by atoms with Crippen molar-refractivity contribution in [2.45, 2.75) is 36.5 Å². The maximum Gasteiger partial charge on any atom is 0.207 e. The van der Waals surface area contributed by atoms with Gasteiger partial charge in [0.25, 0.3) is 0 Å². The summed E-state index contributed by atoms with van der Waals surface area (Å²) in [4.78, 5) is 0.637. The fourth-order valence-electron chi connectivity index (χ4n) is 3.33. The second-order valence-corrected chi connectivity index (χ2v) is 8.82. The van der Waals surface area contributed by atoms with Crippen LogP contribution in [0.25, 0.3) is 11.1 Å². The smallest absolute Gasteiger partial charge is 0.207 e. The van der Waals surface area contributed by atoms with Crippen molar-refractivity contribution >= 4 is 9.84 Å². The molecule has 1 aliphatic rings. The number of hydrogen-bond donors (Lipinski definition) is 2. The Morgan fingerprint density at radius 2 is 1.34 bits per heavy atom. The Balaban J connectivity index is 1.72. The Morgan fingerprint density at radius 1 is 0.759 bits per heavy atom. The molecular formula is C22H30N2O4S. The molecule has 0 unspecified atom stereocenters. The van der Waals surface area contributed by atoms with Crippen molar-refractivity contribution in [2.24, 2.45) is 0 Å². The molecule has 0 amide bonds. The summed E-state index contributed by atoms with van der Waals surface area (Å²) in [6.07, 6.45) is 1.76. The highest BCUT2D eigenvalue weighted by Gasteiger charge is 2.33. The molecule has 2 N–H and O–H groups in total. The fourth-order valence-corrected chi connectivity index (χ4v) is 5.01. The molecular weight excluding hydrogens is 388 g/mol. The van der Waals surface area contributed by atoms with Crippen LogP contribution in [0.3, 0.4) is 0 Å². The molecule has 1 heterocycles. The van der Waals surface area contributed by atoms with E-state index in [-0.39, 0.29) is 0 Å². The van der Waals surface area contributed by atoms with Crippen LogP contribution in [0.5, 0.6) is 11.5 Å². The second-order valence-electron chi connectivity index (χ2n) is 6.93. The summed E-state index contributed by atoms with van der Waals surface area (Å²) in [7, 11) is -3.53. The van der Waals surface area contributed by atoms with Crippen LogP contribution in [0.2, 0.25) is 0 Å². The van der Waals surface area contributed by atoms with Crippen LogP contribution < -0.4 is 20.1 Å². The first-order chi connectivity index (χ1) is 14.1. The SMILES string of the molecule is CCNCCCOc1ccc2c(c1)-c1ccc(OCCCNCC)cc1S2(=O)=O. The van der Waals surface area contributed by atoms with Gasteiger partial charge >= 0.3 is 0 Å². The van der Waals surface area contributed by atoms with E-state index >= 15 is 0 Å². The molecule has 158 valence electrons. The highest BCUT2D eigenvalue weighted by atomic mass is 32.2. The largest absolute Gasteiger partial charge is 0.494 e. The molecule has 0 radical (unpaired) electrons. The zero-order valence-corrected chi connectivity index (χ0v) is 18.0. The van der Waals surface area contributed by atoms with Gasteiger partial charge in [0.05, 0.1) is 23.0 Å². The molecule has 0 bridgehead atoms. The third-order valence-electron chi connectivity index (χ3n) is 4.81. The van der Waals surface area contributed by atoms with Gasteiger partial charge in [-0.2, -0.15) is 0 Å². The molecule has 0 spiro atoms. The summed E-state index contributed by atoms with van der Waals surface area (Å²) in [6, 6.07) is 10.5. The van der Waals surface area contributed by atoms with E-state index in [0.29, 0.717) is 45.6 Å². The zero-order chi connectivity index (χ0) is 20.7. The Morgan fingerprint density at radius 3 is 1.97 bits per heavy atom. The van der Waals surface area contributed by atoms with E-state index < -0.39 is 9.84 Å². The van der Waals surface area contributed by atoms with Gasteiger partial charge in [0.2, 0.25) is 9.84 Å². The van der Waals surface area contributed by atoms with Gasteiger partial charge in [0, 0.05) is 11.1 Å². The molecule has 0 fully saturated rings. The number of sulfone groups is 1. The van der Waals surface area contributed by atoms with Gasteiger partial charge < -0.3 is 20.1 Å². The van der Waals surface area contributed by atoms with Crippen LogP contribution >= 0.6 is 0 Å². The van der Waals surface area contributed by atoms with Gasteiger partial charge in [-0.3, -0.25) is 0 Å². The van der Waals surface area contributed by atoms with E-state index in [1.807, 2.05) is 18.2 Å². The maximum absolute atomic E-state index is 13.0. The molecule has 0 aliphatic carbocycles. The lowest BCUT2D eigenvalue weighted by atomic mass is 10.1. The monoisotopic (exact) mass is 418 g/mol. The van der Waals surface area contributed by atoms with Crippen molar-refractivity contribution in [2.75, 3.05) is 39.4 Å². The first kappa shape index (κ1) is 21.6. The lowest BCUT2D eigenvalue weighted by Crippen LogP contribution is -2.16. The topological polar surface area (TPSA) is 76.7 Å². The quantitative estimate of drug-likeness (QED) is 0.440. The van der Waals surface area contributed by atoms with Gasteiger partial charge in [-0.05, 0) is 75.4 Å². The minimum atomic E-state index is -3.53. The highest BCUT2D eigenvalue weighted by Crippen LogP contribution is 2.45. The first-order valence-corrected chi connectivity index (χ1v) is 11.8. The standard InChI is InChI=1S/C22H30N2O4S/c1-3-23-11-5-13-27-17-8-10-21-20(15-17)19-9-7-18(16-22(19)29(21,25)26)28-14-6-12-24-4-2/h7-10,15-16,23-24H,3-6,11-14H2,1-2H3. The average molecular weight is 419 g/mol. The number of ether oxygens (including phenoxy) is 2. The van der Waals surface area contributed by atoms with Gasteiger partial charge in [-0.1, -0.05) is 13.8 Å². The molecule has 0 atom stereocenters. The number of hydrogen-bond acceptors (Lipinski definition) is 6. The minimum Gasteiger partial charge on any atom is -0.494 e. The molecule has 7 heteroatoms. The number of rotatable bonds is 12. The summed E-state index contributed by atoms with van der Waals surface area (Å²) in [5.74, 6) is 1.27. The van der Waals surface area contributed by atoms with Crippen LogP contribution in [-0.2, 0) is 9.84 Å². The predicted molar refractivity (Wildman–Crippen MR) is 115 cm³/mol. The normalized spacial score (nSPS) is 13.7. The van der Waals surface area contributed by atoms with Crippen molar-refractivity contribution in [3.05, 3.63) is 36.4 Å². The molecule has 6 nitrogen and oxygen atoms in total. The van der Waals surface area contributed by atoms with Crippen molar-refractivity contribution in [3.8, 4) is 22.6 Å². The Labute approximate surface area is 173 Å². The summed E-state index contributed by atoms with van der Waals surface area (Å²) in [5.41, 5.74) is 1.40. The molecule has 29 heavy (non-hydrogen) atoms. The van der Waals surface area contributed by atoms with Gasteiger partial charge in [-0.25, -0.2) is 8.42 Å². The third kappa shape index (κ3) is 5.10. The number of fused-ring (bicyclic) bond motifs is 3. The molecule has 0 aromatic heterocycles. The molecule has 2 aromatic rings. The first-order valence-electron chi connectivity index (χ1n) is 10.3. The van der Waals surface area contributed by atoms with Gasteiger partial charge in [0.15, 0.2) is 0 Å².